The number of benzene rings is 1. The van der Waals surface area contributed by atoms with Gasteiger partial charge in [0, 0.05) is 30.7 Å². The summed E-state index contributed by atoms with van der Waals surface area (Å²) >= 11 is 0. The summed E-state index contributed by atoms with van der Waals surface area (Å²) in [6, 6.07) is 2.16. The van der Waals surface area contributed by atoms with Crippen molar-refractivity contribution in [2.75, 3.05) is 0 Å². The standard InChI is InChI=1S/C32H46O4/c1-8-11-13-26(34)18-25-19-28(20(4)5)29-16-23(17-31(36)32(29)22(25)7)15-24(12-9-2)27(10-3)30(35)14-21(6)33/h8,19-20,23-24,27H,1,9-18H2,2-7H3. The largest absolute Gasteiger partial charge is 0.300 e. The Morgan fingerprint density at radius 1 is 1.17 bits per heavy atom. The second kappa shape index (κ2) is 13.8. The fourth-order valence-electron chi connectivity index (χ4n) is 6.15. The molecule has 2 rings (SSSR count). The average Bonchev–Trinajstić information content (AvgIpc) is 2.79. The predicted octanol–water partition coefficient (Wildman–Crippen LogP) is 7.32. The predicted molar refractivity (Wildman–Crippen MR) is 147 cm³/mol. The Kier molecular flexibility index (Phi) is 11.5. The number of Topliss-reactive ketones (excluding diaryl/α,β-unsaturated/α-hetero) is 4. The molecule has 1 aromatic rings. The topological polar surface area (TPSA) is 68.3 Å². The lowest BCUT2D eigenvalue weighted by Crippen LogP contribution is -2.30. The van der Waals surface area contributed by atoms with Crippen LogP contribution in [0.5, 0.6) is 0 Å². The molecule has 0 N–H and O–H groups in total. The summed E-state index contributed by atoms with van der Waals surface area (Å²) in [4.78, 5) is 50.5. The molecule has 1 aliphatic carbocycles. The molecular weight excluding hydrogens is 448 g/mol. The summed E-state index contributed by atoms with van der Waals surface area (Å²) in [7, 11) is 0. The molecule has 0 heterocycles. The van der Waals surface area contributed by atoms with Gasteiger partial charge in [0.1, 0.15) is 17.3 Å². The molecule has 0 aliphatic heterocycles. The maximum absolute atomic E-state index is 13.5. The Morgan fingerprint density at radius 2 is 1.86 bits per heavy atom. The van der Waals surface area contributed by atoms with Gasteiger partial charge in [-0.3, -0.25) is 19.2 Å². The van der Waals surface area contributed by atoms with E-state index < -0.39 is 0 Å². The summed E-state index contributed by atoms with van der Waals surface area (Å²) in [6.07, 6.45) is 8.08. The number of hydrogen-bond acceptors (Lipinski definition) is 4. The van der Waals surface area contributed by atoms with Crippen LogP contribution in [0.15, 0.2) is 18.7 Å². The van der Waals surface area contributed by atoms with Crippen molar-refractivity contribution in [3.63, 3.8) is 0 Å². The Bertz CT molecular complexity index is 984. The first-order valence-electron chi connectivity index (χ1n) is 13.9. The highest BCUT2D eigenvalue weighted by Crippen LogP contribution is 2.40. The monoisotopic (exact) mass is 494 g/mol. The molecule has 0 amide bonds. The highest BCUT2D eigenvalue weighted by molar-refractivity contribution is 6.01. The molecule has 1 aromatic carbocycles. The Labute approximate surface area is 218 Å². The highest BCUT2D eigenvalue weighted by Gasteiger charge is 2.34. The van der Waals surface area contributed by atoms with Crippen molar-refractivity contribution >= 4 is 23.1 Å². The number of allylic oxidation sites excluding steroid dienone is 1. The van der Waals surface area contributed by atoms with E-state index >= 15 is 0 Å². The van der Waals surface area contributed by atoms with Gasteiger partial charge in [0.15, 0.2) is 5.78 Å². The maximum Gasteiger partial charge on any atom is 0.163 e. The zero-order chi connectivity index (χ0) is 27.0. The summed E-state index contributed by atoms with van der Waals surface area (Å²) in [5.41, 5.74) is 5.08. The SMILES string of the molecule is C=CCCC(=O)Cc1cc(C(C)C)c2c(c1C)C(=O)CC(CC(CCC)C(CC)C(=O)CC(C)=O)C2. The molecule has 1 aliphatic rings. The van der Waals surface area contributed by atoms with E-state index in [9.17, 15) is 19.2 Å². The molecule has 0 radical (unpaired) electrons. The van der Waals surface area contributed by atoms with Gasteiger partial charge in [-0.05, 0) is 79.5 Å². The number of rotatable bonds is 15. The van der Waals surface area contributed by atoms with Crippen molar-refractivity contribution < 1.29 is 19.2 Å². The van der Waals surface area contributed by atoms with Gasteiger partial charge in [-0.25, -0.2) is 0 Å². The summed E-state index contributed by atoms with van der Waals surface area (Å²) in [5, 5.41) is 0. The first-order valence-corrected chi connectivity index (χ1v) is 13.9. The minimum atomic E-state index is -0.124. The van der Waals surface area contributed by atoms with Gasteiger partial charge in [0.05, 0.1) is 6.42 Å². The van der Waals surface area contributed by atoms with Crippen molar-refractivity contribution in [3.05, 3.63) is 46.5 Å². The van der Waals surface area contributed by atoms with E-state index in [1.807, 2.05) is 13.8 Å². The first kappa shape index (κ1) is 29.9. The zero-order valence-electron chi connectivity index (χ0n) is 23.4. The quantitative estimate of drug-likeness (QED) is 0.189. The van der Waals surface area contributed by atoms with E-state index in [0.717, 1.165) is 54.4 Å². The maximum atomic E-state index is 13.5. The lowest BCUT2D eigenvalue weighted by atomic mass is 9.70. The minimum absolute atomic E-state index is 0.0101. The van der Waals surface area contributed by atoms with Crippen molar-refractivity contribution in [1.82, 2.24) is 0 Å². The van der Waals surface area contributed by atoms with E-state index in [1.54, 1.807) is 6.08 Å². The smallest absolute Gasteiger partial charge is 0.163 e. The molecule has 0 saturated carbocycles. The van der Waals surface area contributed by atoms with E-state index in [0.29, 0.717) is 25.7 Å². The van der Waals surface area contributed by atoms with Crippen LogP contribution in [0.25, 0.3) is 0 Å². The number of hydrogen-bond donors (Lipinski definition) is 0. The second-order valence-electron chi connectivity index (χ2n) is 11.1. The van der Waals surface area contributed by atoms with Gasteiger partial charge in [-0.2, -0.15) is 0 Å². The van der Waals surface area contributed by atoms with Crippen LogP contribution in [0.4, 0.5) is 0 Å². The van der Waals surface area contributed by atoms with Gasteiger partial charge in [-0.15, -0.1) is 6.58 Å². The molecule has 3 unspecified atom stereocenters. The third-order valence-corrected chi connectivity index (χ3v) is 7.86. The fraction of sp³-hybridized carbons (Fsp3) is 0.625. The van der Waals surface area contributed by atoms with Crippen LogP contribution in [0.2, 0.25) is 0 Å². The average molecular weight is 495 g/mol. The molecule has 0 fully saturated rings. The van der Waals surface area contributed by atoms with Crippen LogP contribution < -0.4 is 0 Å². The first-order chi connectivity index (χ1) is 17.0. The van der Waals surface area contributed by atoms with E-state index in [2.05, 4.69) is 33.4 Å². The minimum Gasteiger partial charge on any atom is -0.300 e. The van der Waals surface area contributed by atoms with Crippen LogP contribution in [-0.4, -0.2) is 23.1 Å². The molecule has 3 atom stereocenters. The Hall–Kier alpha value is -2.36. The number of carbonyl (C=O) groups excluding carboxylic acids is 4. The molecule has 0 spiro atoms. The van der Waals surface area contributed by atoms with Gasteiger partial charge in [-0.1, -0.05) is 52.7 Å². The van der Waals surface area contributed by atoms with E-state index in [4.69, 9.17) is 0 Å². The highest BCUT2D eigenvalue weighted by atomic mass is 16.1. The van der Waals surface area contributed by atoms with Crippen LogP contribution in [0.1, 0.15) is 125 Å². The summed E-state index contributed by atoms with van der Waals surface area (Å²) < 4.78 is 0. The molecule has 198 valence electrons. The van der Waals surface area contributed by atoms with E-state index in [1.165, 1.54) is 12.5 Å². The van der Waals surface area contributed by atoms with Gasteiger partial charge in [0.25, 0.3) is 0 Å². The fourth-order valence-corrected chi connectivity index (χ4v) is 6.15. The van der Waals surface area contributed by atoms with Gasteiger partial charge >= 0.3 is 0 Å². The Balaban J connectivity index is 2.37. The second-order valence-corrected chi connectivity index (χ2v) is 11.1. The van der Waals surface area contributed by atoms with Crippen LogP contribution >= 0.6 is 0 Å². The third-order valence-electron chi connectivity index (χ3n) is 7.86. The van der Waals surface area contributed by atoms with Crippen molar-refractivity contribution in [3.8, 4) is 0 Å². The normalized spacial score (nSPS) is 17.0. The number of ketones is 4. The Morgan fingerprint density at radius 3 is 2.42 bits per heavy atom. The van der Waals surface area contributed by atoms with Crippen LogP contribution in [-0.2, 0) is 27.2 Å². The lowest BCUT2D eigenvalue weighted by Gasteiger charge is -2.33. The summed E-state index contributed by atoms with van der Waals surface area (Å²) in [5.74, 6) is 0.827. The molecule has 36 heavy (non-hydrogen) atoms. The lowest BCUT2D eigenvalue weighted by molar-refractivity contribution is -0.130. The van der Waals surface area contributed by atoms with Crippen LogP contribution in [0.3, 0.4) is 0 Å². The summed E-state index contributed by atoms with van der Waals surface area (Å²) in [6.45, 7) is 15.6. The van der Waals surface area contributed by atoms with E-state index in [-0.39, 0.29) is 53.2 Å². The molecule has 0 aromatic heterocycles. The zero-order valence-corrected chi connectivity index (χ0v) is 23.4. The van der Waals surface area contributed by atoms with Crippen molar-refractivity contribution in [2.45, 2.75) is 112 Å². The van der Waals surface area contributed by atoms with Gasteiger partial charge in [0.2, 0.25) is 0 Å². The molecule has 0 bridgehead atoms. The number of carbonyl (C=O) groups is 4. The number of fused-ring (bicyclic) bond motifs is 1. The molecule has 4 nitrogen and oxygen atoms in total. The van der Waals surface area contributed by atoms with Gasteiger partial charge < -0.3 is 0 Å². The molecule has 0 saturated heterocycles. The van der Waals surface area contributed by atoms with Crippen molar-refractivity contribution in [2.24, 2.45) is 17.8 Å². The molecule has 4 heteroatoms. The third kappa shape index (κ3) is 7.57. The molecular formula is C32H46O4. The van der Waals surface area contributed by atoms with Crippen molar-refractivity contribution in [1.29, 1.82) is 0 Å². The van der Waals surface area contributed by atoms with Crippen LogP contribution in [0, 0.1) is 24.7 Å².